The van der Waals surface area contributed by atoms with Gasteiger partial charge in [-0.25, -0.2) is 0 Å². The van der Waals surface area contributed by atoms with Crippen molar-refractivity contribution in [3.8, 4) is 0 Å². The molecule has 0 bridgehead atoms. The van der Waals surface area contributed by atoms with Gasteiger partial charge in [0.1, 0.15) is 5.41 Å². The maximum atomic E-state index is 12.8. The average Bonchev–Trinajstić information content (AvgIpc) is 3.28. The van der Waals surface area contributed by atoms with Crippen molar-refractivity contribution in [3.05, 3.63) is 28.2 Å². The molecule has 1 aliphatic heterocycles. The molecule has 2 aliphatic rings. The van der Waals surface area contributed by atoms with E-state index in [1.54, 1.807) is 18.2 Å². The van der Waals surface area contributed by atoms with E-state index < -0.39 is 5.41 Å². The van der Waals surface area contributed by atoms with E-state index in [-0.39, 0.29) is 11.8 Å². The molecule has 1 aliphatic carbocycles. The Morgan fingerprint density at radius 1 is 1.13 bits per heavy atom. The summed E-state index contributed by atoms with van der Waals surface area (Å²) in [6.07, 6.45) is 3.23. The zero-order valence-corrected chi connectivity index (χ0v) is 14.6. The third-order valence-electron chi connectivity index (χ3n) is 4.79. The number of anilines is 1. The fraction of sp³-hybridized carbons (Fsp3) is 0.529. The van der Waals surface area contributed by atoms with Gasteiger partial charge in [0.2, 0.25) is 11.8 Å². The molecule has 1 saturated carbocycles. The number of halogens is 2. The van der Waals surface area contributed by atoms with E-state index in [9.17, 15) is 9.59 Å². The van der Waals surface area contributed by atoms with Crippen LogP contribution in [0, 0.1) is 11.3 Å². The Morgan fingerprint density at radius 2 is 1.70 bits per heavy atom. The second kappa shape index (κ2) is 6.33. The quantitative estimate of drug-likeness (QED) is 0.834. The van der Waals surface area contributed by atoms with E-state index in [2.05, 4.69) is 12.2 Å². The molecule has 0 aromatic heterocycles. The lowest BCUT2D eigenvalue weighted by Gasteiger charge is -2.32. The molecule has 3 rings (SSSR count). The van der Waals surface area contributed by atoms with Gasteiger partial charge < -0.3 is 10.2 Å². The fourth-order valence-electron chi connectivity index (χ4n) is 3.05. The first-order valence-corrected chi connectivity index (χ1v) is 8.73. The first kappa shape index (κ1) is 16.6. The molecule has 23 heavy (non-hydrogen) atoms. The summed E-state index contributed by atoms with van der Waals surface area (Å²) in [7, 11) is 0. The van der Waals surface area contributed by atoms with Crippen molar-refractivity contribution in [1.82, 2.24) is 4.90 Å². The lowest BCUT2D eigenvalue weighted by molar-refractivity contribution is -0.143. The first-order chi connectivity index (χ1) is 10.9. The lowest BCUT2D eigenvalue weighted by Crippen LogP contribution is -2.46. The summed E-state index contributed by atoms with van der Waals surface area (Å²) < 4.78 is 0. The molecule has 1 N–H and O–H groups in total. The number of hydrogen-bond donors (Lipinski definition) is 1. The van der Waals surface area contributed by atoms with Gasteiger partial charge in [0, 0.05) is 28.8 Å². The van der Waals surface area contributed by atoms with Crippen molar-refractivity contribution < 1.29 is 9.59 Å². The average molecular weight is 355 g/mol. The van der Waals surface area contributed by atoms with Gasteiger partial charge in [-0.15, -0.1) is 0 Å². The Bertz CT molecular complexity index is 615. The van der Waals surface area contributed by atoms with Crippen molar-refractivity contribution in [2.24, 2.45) is 11.3 Å². The highest BCUT2D eigenvalue weighted by Crippen LogP contribution is 2.48. The van der Waals surface area contributed by atoms with E-state index >= 15 is 0 Å². The zero-order valence-electron chi connectivity index (χ0n) is 13.1. The molecule has 4 nitrogen and oxygen atoms in total. The zero-order chi connectivity index (χ0) is 16.6. The lowest BCUT2D eigenvalue weighted by atomic mass is 9.96. The van der Waals surface area contributed by atoms with Gasteiger partial charge in [-0.1, -0.05) is 30.1 Å². The van der Waals surface area contributed by atoms with Gasteiger partial charge in [0.15, 0.2) is 0 Å². The van der Waals surface area contributed by atoms with Crippen LogP contribution in [0.25, 0.3) is 0 Å². The van der Waals surface area contributed by atoms with Crippen molar-refractivity contribution in [3.63, 3.8) is 0 Å². The van der Waals surface area contributed by atoms with Gasteiger partial charge in [0.05, 0.1) is 0 Å². The number of likely N-dealkylation sites (tertiary alicyclic amines) is 1. The molecule has 6 heteroatoms. The summed E-state index contributed by atoms with van der Waals surface area (Å²) in [6, 6.07) is 4.87. The molecule has 1 aromatic carbocycles. The maximum absolute atomic E-state index is 12.8. The highest BCUT2D eigenvalue weighted by molar-refractivity contribution is 6.35. The van der Waals surface area contributed by atoms with Gasteiger partial charge in [-0.05, 0) is 49.8 Å². The fourth-order valence-corrected chi connectivity index (χ4v) is 3.58. The Hall–Kier alpha value is -1.26. The third-order valence-corrected chi connectivity index (χ3v) is 5.22. The smallest absolute Gasteiger partial charge is 0.240 e. The van der Waals surface area contributed by atoms with Crippen LogP contribution in [0.2, 0.25) is 10.0 Å². The minimum atomic E-state index is -0.893. The number of carbonyl (C=O) groups is 2. The highest BCUT2D eigenvalue weighted by atomic mass is 35.5. The van der Waals surface area contributed by atoms with E-state index in [1.165, 1.54) is 0 Å². The summed E-state index contributed by atoms with van der Waals surface area (Å²) in [6.45, 7) is 3.69. The number of nitrogens with zero attached hydrogens (tertiary/aromatic N) is 1. The number of benzene rings is 1. The largest absolute Gasteiger partial charge is 0.342 e. The van der Waals surface area contributed by atoms with Crippen molar-refractivity contribution in [2.75, 3.05) is 18.4 Å². The summed E-state index contributed by atoms with van der Waals surface area (Å²) >= 11 is 11.9. The van der Waals surface area contributed by atoms with Crippen LogP contribution < -0.4 is 5.32 Å². The van der Waals surface area contributed by atoms with Crippen molar-refractivity contribution in [2.45, 2.75) is 32.6 Å². The standard InChI is InChI=1S/C17H20Cl2N2O2/c1-11-2-6-21(7-3-11)16(23)17(4-5-17)15(22)20-14-9-12(18)8-13(19)10-14/h8-11H,2-7H2,1H3,(H,20,22). The van der Waals surface area contributed by atoms with Crippen molar-refractivity contribution in [1.29, 1.82) is 0 Å². The number of rotatable bonds is 3. The maximum Gasteiger partial charge on any atom is 0.240 e. The van der Waals surface area contributed by atoms with Gasteiger partial charge in [-0.2, -0.15) is 0 Å². The Morgan fingerprint density at radius 3 is 2.22 bits per heavy atom. The molecule has 2 amide bonds. The SMILES string of the molecule is CC1CCN(C(=O)C2(C(=O)Nc3cc(Cl)cc(Cl)c3)CC2)CC1. The van der Waals surface area contributed by atoms with Crippen LogP contribution in [0.5, 0.6) is 0 Å². The molecule has 2 fully saturated rings. The molecule has 0 radical (unpaired) electrons. The topological polar surface area (TPSA) is 49.4 Å². The summed E-state index contributed by atoms with van der Waals surface area (Å²) in [5.41, 5.74) is -0.367. The van der Waals surface area contributed by atoms with Crippen LogP contribution in [0.4, 0.5) is 5.69 Å². The second-order valence-electron chi connectivity index (χ2n) is 6.67. The van der Waals surface area contributed by atoms with Gasteiger partial charge in [-0.3, -0.25) is 9.59 Å². The molecule has 1 aromatic rings. The number of piperidine rings is 1. The number of carbonyl (C=O) groups excluding carboxylic acids is 2. The Labute approximate surface area is 146 Å². The van der Waals surface area contributed by atoms with E-state index in [4.69, 9.17) is 23.2 Å². The van der Waals surface area contributed by atoms with E-state index in [1.807, 2.05) is 4.90 Å². The molecule has 0 spiro atoms. The van der Waals surface area contributed by atoms with E-state index in [0.717, 1.165) is 25.9 Å². The summed E-state index contributed by atoms with van der Waals surface area (Å²) in [4.78, 5) is 27.2. The number of amides is 2. The first-order valence-electron chi connectivity index (χ1n) is 7.98. The Kier molecular flexibility index (Phi) is 4.56. The van der Waals surface area contributed by atoms with Crippen LogP contribution in [0.15, 0.2) is 18.2 Å². The molecule has 124 valence electrons. The highest BCUT2D eigenvalue weighted by Gasteiger charge is 2.58. The van der Waals surface area contributed by atoms with Crippen LogP contribution in [0.1, 0.15) is 32.6 Å². The van der Waals surface area contributed by atoms with Gasteiger partial charge >= 0.3 is 0 Å². The molecular weight excluding hydrogens is 335 g/mol. The molecular formula is C17H20Cl2N2O2. The summed E-state index contributed by atoms with van der Waals surface area (Å²) in [5, 5.41) is 3.71. The predicted molar refractivity (Wildman–Crippen MR) is 91.7 cm³/mol. The molecule has 1 heterocycles. The van der Waals surface area contributed by atoms with E-state index in [0.29, 0.717) is 34.5 Å². The number of nitrogens with one attached hydrogen (secondary N) is 1. The van der Waals surface area contributed by atoms with Crippen LogP contribution in [-0.2, 0) is 9.59 Å². The molecule has 0 atom stereocenters. The Balaban J connectivity index is 1.69. The minimum Gasteiger partial charge on any atom is -0.342 e. The summed E-state index contributed by atoms with van der Waals surface area (Å²) in [5.74, 6) is 0.367. The monoisotopic (exact) mass is 354 g/mol. The minimum absolute atomic E-state index is 0.0324. The van der Waals surface area contributed by atoms with Crippen LogP contribution in [0.3, 0.4) is 0 Å². The molecule has 0 unspecified atom stereocenters. The normalized spacial score (nSPS) is 20.2. The molecule has 1 saturated heterocycles. The van der Waals surface area contributed by atoms with Crippen LogP contribution >= 0.6 is 23.2 Å². The number of hydrogen-bond acceptors (Lipinski definition) is 2. The second-order valence-corrected chi connectivity index (χ2v) is 7.54. The van der Waals surface area contributed by atoms with Crippen LogP contribution in [-0.4, -0.2) is 29.8 Å². The predicted octanol–water partition coefficient (Wildman–Crippen LogP) is 3.97. The van der Waals surface area contributed by atoms with Crippen molar-refractivity contribution >= 4 is 40.7 Å². The van der Waals surface area contributed by atoms with Gasteiger partial charge in [0.25, 0.3) is 0 Å². The third kappa shape index (κ3) is 3.48.